The fourth-order valence-corrected chi connectivity index (χ4v) is 1.58. The molecule has 0 saturated heterocycles. The lowest BCUT2D eigenvalue weighted by Gasteiger charge is -2.15. The number of carbonyl (C=O) groups is 1. The number of nitrogens with one attached hydrogen (secondary N) is 1. The molecule has 0 aromatic carbocycles. The predicted molar refractivity (Wildman–Crippen MR) is 59.5 cm³/mol. The predicted octanol–water partition coefficient (Wildman–Crippen LogP) is 1.46. The maximum atomic E-state index is 11.5. The van der Waals surface area contributed by atoms with Gasteiger partial charge in [0.05, 0.1) is 4.88 Å². The Morgan fingerprint density at radius 1 is 1.64 bits per heavy atom. The summed E-state index contributed by atoms with van der Waals surface area (Å²) in [5.41, 5.74) is 5.81. The molecule has 78 valence electrons. The molecule has 0 saturated carbocycles. The molecule has 0 aliphatic rings. The summed E-state index contributed by atoms with van der Waals surface area (Å²) in [5.74, 6) is 0.356. The molecule has 1 unspecified atom stereocenters. The standard InChI is InChI=1S/C10H16N2OS/c1-7(2)8(11)6-12-10(13)9-4-3-5-14-9/h3-5,7-8H,6,11H2,1-2H3,(H,12,13). The first-order chi connectivity index (χ1) is 6.61. The van der Waals surface area contributed by atoms with E-state index in [2.05, 4.69) is 5.32 Å². The van der Waals surface area contributed by atoms with Gasteiger partial charge in [0, 0.05) is 12.6 Å². The smallest absolute Gasteiger partial charge is 0.261 e. The van der Waals surface area contributed by atoms with Gasteiger partial charge in [-0.05, 0) is 17.4 Å². The van der Waals surface area contributed by atoms with Crippen LogP contribution < -0.4 is 11.1 Å². The molecular formula is C10H16N2OS. The molecule has 0 spiro atoms. The number of nitrogens with two attached hydrogens (primary N) is 1. The van der Waals surface area contributed by atoms with Gasteiger partial charge in [-0.25, -0.2) is 0 Å². The van der Waals surface area contributed by atoms with Crippen LogP contribution in [-0.2, 0) is 0 Å². The largest absolute Gasteiger partial charge is 0.350 e. The Morgan fingerprint density at radius 2 is 2.36 bits per heavy atom. The first kappa shape index (κ1) is 11.2. The summed E-state index contributed by atoms with van der Waals surface area (Å²) in [5, 5.41) is 4.70. The minimum atomic E-state index is -0.0314. The summed E-state index contributed by atoms with van der Waals surface area (Å²) in [6.45, 7) is 4.62. The molecule has 14 heavy (non-hydrogen) atoms. The third-order valence-electron chi connectivity index (χ3n) is 2.10. The average molecular weight is 212 g/mol. The van der Waals surface area contributed by atoms with Crippen molar-refractivity contribution in [1.82, 2.24) is 5.32 Å². The number of rotatable bonds is 4. The van der Waals surface area contributed by atoms with Gasteiger partial charge in [-0.3, -0.25) is 4.79 Å². The molecule has 4 heteroatoms. The Kier molecular flexibility index (Phi) is 4.10. The van der Waals surface area contributed by atoms with E-state index >= 15 is 0 Å². The van der Waals surface area contributed by atoms with Crippen LogP contribution in [0, 0.1) is 5.92 Å². The van der Waals surface area contributed by atoms with E-state index in [0.29, 0.717) is 12.5 Å². The highest BCUT2D eigenvalue weighted by molar-refractivity contribution is 7.12. The average Bonchev–Trinajstić information content (AvgIpc) is 2.66. The van der Waals surface area contributed by atoms with Crippen molar-refractivity contribution in [2.24, 2.45) is 11.7 Å². The zero-order valence-corrected chi connectivity index (χ0v) is 9.30. The van der Waals surface area contributed by atoms with Gasteiger partial charge in [0.2, 0.25) is 0 Å². The van der Waals surface area contributed by atoms with Crippen LogP contribution in [0.4, 0.5) is 0 Å². The second kappa shape index (κ2) is 5.12. The molecule has 1 rings (SSSR count). The Hall–Kier alpha value is -0.870. The van der Waals surface area contributed by atoms with Crippen LogP contribution >= 0.6 is 11.3 Å². The number of amides is 1. The Bertz CT molecular complexity index is 282. The quantitative estimate of drug-likeness (QED) is 0.794. The van der Waals surface area contributed by atoms with E-state index in [1.165, 1.54) is 11.3 Å². The normalized spacial score (nSPS) is 12.9. The minimum absolute atomic E-state index is 0.0268. The van der Waals surface area contributed by atoms with E-state index in [1.807, 2.05) is 25.3 Å². The van der Waals surface area contributed by atoms with E-state index in [1.54, 1.807) is 6.07 Å². The summed E-state index contributed by atoms with van der Waals surface area (Å²) in [4.78, 5) is 12.2. The van der Waals surface area contributed by atoms with Gasteiger partial charge in [0.15, 0.2) is 0 Å². The Labute approximate surface area is 88.3 Å². The van der Waals surface area contributed by atoms with Crippen LogP contribution in [0.5, 0.6) is 0 Å². The molecule has 1 aromatic heterocycles. The van der Waals surface area contributed by atoms with Gasteiger partial charge in [0.25, 0.3) is 5.91 Å². The number of hydrogen-bond acceptors (Lipinski definition) is 3. The van der Waals surface area contributed by atoms with E-state index in [4.69, 9.17) is 5.73 Å². The molecule has 0 radical (unpaired) electrons. The summed E-state index contributed by atoms with van der Waals surface area (Å²) in [7, 11) is 0. The van der Waals surface area contributed by atoms with Crippen molar-refractivity contribution in [1.29, 1.82) is 0 Å². The lowest BCUT2D eigenvalue weighted by Crippen LogP contribution is -2.40. The first-order valence-corrected chi connectivity index (χ1v) is 5.56. The zero-order valence-electron chi connectivity index (χ0n) is 8.49. The molecule has 1 heterocycles. The van der Waals surface area contributed by atoms with Crippen molar-refractivity contribution in [2.45, 2.75) is 19.9 Å². The Morgan fingerprint density at radius 3 is 2.86 bits per heavy atom. The van der Waals surface area contributed by atoms with Crippen molar-refractivity contribution < 1.29 is 4.79 Å². The van der Waals surface area contributed by atoms with E-state index < -0.39 is 0 Å². The summed E-state index contributed by atoms with van der Waals surface area (Å²) in [6.07, 6.45) is 0. The van der Waals surface area contributed by atoms with Crippen LogP contribution in [0.3, 0.4) is 0 Å². The maximum Gasteiger partial charge on any atom is 0.261 e. The molecular weight excluding hydrogens is 196 g/mol. The SMILES string of the molecule is CC(C)C(N)CNC(=O)c1cccs1. The van der Waals surface area contributed by atoms with Crippen LogP contribution in [0.25, 0.3) is 0 Å². The minimum Gasteiger partial charge on any atom is -0.350 e. The maximum absolute atomic E-state index is 11.5. The lowest BCUT2D eigenvalue weighted by molar-refractivity contribution is 0.0953. The summed E-state index contributed by atoms with van der Waals surface area (Å²) in [6, 6.07) is 3.70. The third-order valence-corrected chi connectivity index (χ3v) is 2.97. The first-order valence-electron chi connectivity index (χ1n) is 4.68. The van der Waals surface area contributed by atoms with Crippen molar-refractivity contribution >= 4 is 17.2 Å². The molecule has 3 N–H and O–H groups in total. The summed E-state index contributed by atoms with van der Waals surface area (Å²) < 4.78 is 0. The highest BCUT2D eigenvalue weighted by atomic mass is 32.1. The van der Waals surface area contributed by atoms with Gasteiger partial charge in [-0.1, -0.05) is 19.9 Å². The van der Waals surface area contributed by atoms with Crippen LogP contribution in [0.15, 0.2) is 17.5 Å². The monoisotopic (exact) mass is 212 g/mol. The van der Waals surface area contributed by atoms with Gasteiger partial charge in [-0.15, -0.1) is 11.3 Å². The molecule has 1 atom stereocenters. The molecule has 0 bridgehead atoms. The van der Waals surface area contributed by atoms with Gasteiger partial charge in [0.1, 0.15) is 0 Å². The second-order valence-electron chi connectivity index (χ2n) is 3.60. The van der Waals surface area contributed by atoms with E-state index in [0.717, 1.165) is 4.88 Å². The third kappa shape index (κ3) is 3.12. The van der Waals surface area contributed by atoms with Crippen LogP contribution in [-0.4, -0.2) is 18.5 Å². The lowest BCUT2D eigenvalue weighted by atomic mass is 10.1. The van der Waals surface area contributed by atoms with Crippen molar-refractivity contribution in [2.75, 3.05) is 6.54 Å². The fourth-order valence-electron chi connectivity index (χ4n) is 0.941. The van der Waals surface area contributed by atoms with Crippen molar-refractivity contribution in [3.8, 4) is 0 Å². The van der Waals surface area contributed by atoms with Gasteiger partial charge >= 0.3 is 0 Å². The van der Waals surface area contributed by atoms with Gasteiger partial charge in [-0.2, -0.15) is 0 Å². The van der Waals surface area contributed by atoms with E-state index in [9.17, 15) is 4.79 Å². The molecule has 0 fully saturated rings. The zero-order chi connectivity index (χ0) is 10.6. The summed E-state index contributed by atoms with van der Waals surface area (Å²) >= 11 is 1.44. The fraction of sp³-hybridized carbons (Fsp3) is 0.500. The topological polar surface area (TPSA) is 55.1 Å². The molecule has 0 aliphatic heterocycles. The van der Waals surface area contributed by atoms with Crippen molar-refractivity contribution in [3.63, 3.8) is 0 Å². The highest BCUT2D eigenvalue weighted by Crippen LogP contribution is 2.07. The van der Waals surface area contributed by atoms with Gasteiger partial charge < -0.3 is 11.1 Å². The number of thiophene rings is 1. The number of hydrogen-bond donors (Lipinski definition) is 2. The van der Waals surface area contributed by atoms with Crippen LogP contribution in [0.2, 0.25) is 0 Å². The van der Waals surface area contributed by atoms with Crippen molar-refractivity contribution in [3.05, 3.63) is 22.4 Å². The molecule has 0 aliphatic carbocycles. The van der Waals surface area contributed by atoms with Crippen LogP contribution in [0.1, 0.15) is 23.5 Å². The van der Waals surface area contributed by atoms with E-state index in [-0.39, 0.29) is 11.9 Å². The molecule has 1 aromatic rings. The second-order valence-corrected chi connectivity index (χ2v) is 4.54. The Balaban J connectivity index is 2.36. The molecule has 1 amide bonds. The molecule has 3 nitrogen and oxygen atoms in total. The number of carbonyl (C=O) groups excluding carboxylic acids is 1. The highest BCUT2D eigenvalue weighted by Gasteiger charge is 2.10.